The van der Waals surface area contributed by atoms with E-state index in [1.54, 1.807) is 12.1 Å². The molecule has 0 aromatic heterocycles. The predicted octanol–water partition coefficient (Wildman–Crippen LogP) is 3.83. The van der Waals surface area contributed by atoms with E-state index in [0.29, 0.717) is 17.9 Å². The van der Waals surface area contributed by atoms with Gasteiger partial charge in [-0.05, 0) is 48.4 Å². The first-order chi connectivity index (χ1) is 9.12. The van der Waals surface area contributed by atoms with Gasteiger partial charge in [0.25, 0.3) is 0 Å². The van der Waals surface area contributed by atoms with Crippen LogP contribution < -0.4 is 0 Å². The van der Waals surface area contributed by atoms with Crippen LogP contribution in [0.15, 0.2) is 29.2 Å². The van der Waals surface area contributed by atoms with E-state index in [0.717, 1.165) is 0 Å². The SMILES string of the molecule is CC(C)(C)C1CC(C#N)(S(=O)(=O)c2ccc(Cl)cc2)C1. The van der Waals surface area contributed by atoms with Gasteiger partial charge in [-0.3, -0.25) is 0 Å². The second-order valence-electron chi connectivity index (χ2n) is 6.53. The molecule has 1 fully saturated rings. The van der Waals surface area contributed by atoms with E-state index in [-0.39, 0.29) is 16.2 Å². The topological polar surface area (TPSA) is 57.9 Å². The maximum absolute atomic E-state index is 12.7. The number of nitrogens with zero attached hydrogens (tertiary/aromatic N) is 1. The van der Waals surface area contributed by atoms with Crippen LogP contribution in [0, 0.1) is 22.7 Å². The fourth-order valence-electron chi connectivity index (χ4n) is 2.56. The molecule has 0 spiro atoms. The average molecular weight is 312 g/mol. The summed E-state index contributed by atoms with van der Waals surface area (Å²) in [5.74, 6) is 0.254. The van der Waals surface area contributed by atoms with Crippen molar-refractivity contribution in [3.05, 3.63) is 29.3 Å². The summed E-state index contributed by atoms with van der Waals surface area (Å²) in [7, 11) is -3.64. The third-order valence-electron chi connectivity index (χ3n) is 4.22. The summed E-state index contributed by atoms with van der Waals surface area (Å²) in [5.41, 5.74) is 0.0237. The predicted molar refractivity (Wildman–Crippen MR) is 79.2 cm³/mol. The minimum Gasteiger partial charge on any atom is -0.222 e. The Kier molecular flexibility index (Phi) is 3.64. The lowest BCUT2D eigenvalue weighted by Crippen LogP contribution is -2.52. The van der Waals surface area contributed by atoms with Crippen molar-refractivity contribution in [3.63, 3.8) is 0 Å². The average Bonchev–Trinajstić information content (AvgIpc) is 2.26. The third kappa shape index (κ3) is 2.34. The van der Waals surface area contributed by atoms with Crippen molar-refractivity contribution in [2.45, 2.75) is 43.3 Å². The van der Waals surface area contributed by atoms with Gasteiger partial charge in [0.15, 0.2) is 14.6 Å². The number of hydrogen-bond donors (Lipinski definition) is 0. The summed E-state index contributed by atoms with van der Waals surface area (Å²) >= 11 is 5.78. The van der Waals surface area contributed by atoms with Gasteiger partial charge < -0.3 is 0 Å². The molecule has 0 radical (unpaired) electrons. The van der Waals surface area contributed by atoms with Gasteiger partial charge >= 0.3 is 0 Å². The van der Waals surface area contributed by atoms with Crippen LogP contribution in [-0.2, 0) is 9.84 Å². The summed E-state index contributed by atoms with van der Waals surface area (Å²) in [6.45, 7) is 6.23. The fraction of sp³-hybridized carbons (Fsp3) is 0.533. The van der Waals surface area contributed by atoms with Crippen molar-refractivity contribution in [1.29, 1.82) is 5.26 Å². The van der Waals surface area contributed by atoms with Crippen molar-refractivity contribution in [2.75, 3.05) is 0 Å². The maximum Gasteiger partial charge on any atom is 0.197 e. The Balaban J connectivity index is 2.35. The Morgan fingerprint density at radius 1 is 1.25 bits per heavy atom. The minimum absolute atomic E-state index is 0.0237. The number of nitriles is 1. The highest BCUT2D eigenvalue weighted by molar-refractivity contribution is 7.93. The fourth-order valence-corrected chi connectivity index (χ4v) is 4.59. The molecule has 0 N–H and O–H groups in total. The lowest BCUT2D eigenvalue weighted by molar-refractivity contribution is 0.117. The molecule has 1 aromatic rings. The summed E-state index contributed by atoms with van der Waals surface area (Å²) in [4.78, 5) is 0.177. The first-order valence-electron chi connectivity index (χ1n) is 6.54. The van der Waals surface area contributed by atoms with E-state index in [9.17, 15) is 13.7 Å². The first-order valence-corrected chi connectivity index (χ1v) is 8.40. The molecule has 3 nitrogen and oxygen atoms in total. The van der Waals surface area contributed by atoms with Crippen molar-refractivity contribution in [3.8, 4) is 6.07 Å². The Bertz CT molecular complexity index is 645. The smallest absolute Gasteiger partial charge is 0.197 e. The van der Waals surface area contributed by atoms with E-state index >= 15 is 0 Å². The normalized spacial score (nSPS) is 26.6. The third-order valence-corrected chi connectivity index (χ3v) is 6.82. The number of halogens is 1. The van der Waals surface area contributed by atoms with Gasteiger partial charge in [-0.1, -0.05) is 32.4 Å². The molecule has 1 saturated carbocycles. The first kappa shape index (κ1) is 15.3. The lowest BCUT2D eigenvalue weighted by Gasteiger charge is -2.48. The second-order valence-corrected chi connectivity index (χ2v) is 9.23. The zero-order valence-corrected chi connectivity index (χ0v) is 13.4. The van der Waals surface area contributed by atoms with Crippen LogP contribution in [0.25, 0.3) is 0 Å². The number of benzene rings is 1. The number of sulfone groups is 1. The largest absolute Gasteiger partial charge is 0.222 e. The molecule has 0 aliphatic heterocycles. The molecule has 108 valence electrons. The van der Waals surface area contributed by atoms with Gasteiger partial charge in [0.2, 0.25) is 0 Å². The molecule has 1 aliphatic carbocycles. The Hall–Kier alpha value is -1.05. The van der Waals surface area contributed by atoms with Crippen LogP contribution >= 0.6 is 11.6 Å². The quantitative estimate of drug-likeness (QED) is 0.834. The molecule has 0 heterocycles. The van der Waals surface area contributed by atoms with Gasteiger partial charge in [0, 0.05) is 5.02 Å². The van der Waals surface area contributed by atoms with E-state index < -0.39 is 14.6 Å². The molecule has 0 atom stereocenters. The van der Waals surface area contributed by atoms with Crippen molar-refractivity contribution < 1.29 is 8.42 Å². The zero-order valence-electron chi connectivity index (χ0n) is 11.9. The van der Waals surface area contributed by atoms with Gasteiger partial charge in [-0.25, -0.2) is 8.42 Å². The van der Waals surface area contributed by atoms with Gasteiger partial charge in [-0.15, -0.1) is 0 Å². The van der Waals surface area contributed by atoms with Crippen LogP contribution in [0.4, 0.5) is 0 Å². The molecular formula is C15H18ClNO2S. The molecule has 1 aromatic carbocycles. The molecule has 5 heteroatoms. The van der Waals surface area contributed by atoms with Crippen LogP contribution in [0.3, 0.4) is 0 Å². The van der Waals surface area contributed by atoms with Gasteiger partial charge in [-0.2, -0.15) is 5.26 Å². The van der Waals surface area contributed by atoms with Crippen molar-refractivity contribution in [2.24, 2.45) is 11.3 Å². The van der Waals surface area contributed by atoms with E-state index in [1.807, 2.05) is 6.07 Å². The highest BCUT2D eigenvalue weighted by Gasteiger charge is 2.57. The van der Waals surface area contributed by atoms with Gasteiger partial charge in [0.05, 0.1) is 11.0 Å². The van der Waals surface area contributed by atoms with Crippen molar-refractivity contribution >= 4 is 21.4 Å². The molecular weight excluding hydrogens is 294 g/mol. The standard InChI is InChI=1S/C15H18ClNO2S/c1-14(2,3)11-8-15(9-11,10-17)20(18,19)13-6-4-12(16)5-7-13/h4-7,11H,8-9H2,1-3H3. The molecule has 0 saturated heterocycles. The maximum atomic E-state index is 12.7. The molecule has 0 amide bonds. The van der Waals surface area contributed by atoms with Crippen LogP contribution in [0.2, 0.25) is 5.02 Å². The molecule has 1 aliphatic rings. The molecule has 2 rings (SSSR count). The second kappa shape index (κ2) is 4.75. The van der Waals surface area contributed by atoms with Crippen LogP contribution in [0.1, 0.15) is 33.6 Å². The number of rotatable bonds is 2. The van der Waals surface area contributed by atoms with Crippen molar-refractivity contribution in [1.82, 2.24) is 0 Å². The Morgan fingerprint density at radius 3 is 2.15 bits per heavy atom. The summed E-state index contributed by atoms with van der Waals surface area (Å²) in [5, 5.41) is 9.90. The highest BCUT2D eigenvalue weighted by Crippen LogP contribution is 2.52. The Labute approximate surface area is 125 Å². The lowest BCUT2D eigenvalue weighted by atomic mass is 9.63. The minimum atomic E-state index is -3.64. The van der Waals surface area contributed by atoms with E-state index in [1.165, 1.54) is 12.1 Å². The summed E-state index contributed by atoms with van der Waals surface area (Å²) < 4.78 is 24.1. The molecule has 20 heavy (non-hydrogen) atoms. The van der Waals surface area contributed by atoms with Crippen LogP contribution in [0.5, 0.6) is 0 Å². The van der Waals surface area contributed by atoms with Crippen LogP contribution in [-0.4, -0.2) is 13.2 Å². The molecule has 0 unspecified atom stereocenters. The molecule has 0 bridgehead atoms. The van der Waals surface area contributed by atoms with E-state index in [2.05, 4.69) is 20.8 Å². The monoisotopic (exact) mass is 311 g/mol. The Morgan fingerprint density at radius 2 is 1.75 bits per heavy atom. The van der Waals surface area contributed by atoms with Gasteiger partial charge in [0.1, 0.15) is 0 Å². The highest BCUT2D eigenvalue weighted by atomic mass is 35.5. The summed E-state index contributed by atoms with van der Waals surface area (Å²) in [6, 6.07) is 8.08. The summed E-state index contributed by atoms with van der Waals surface area (Å²) in [6.07, 6.45) is 0.802. The van der Waals surface area contributed by atoms with E-state index in [4.69, 9.17) is 11.6 Å². The number of hydrogen-bond acceptors (Lipinski definition) is 3. The zero-order chi connectivity index (χ0) is 15.2.